The van der Waals surface area contributed by atoms with Gasteiger partial charge in [0.05, 0.1) is 5.25 Å². The van der Waals surface area contributed by atoms with E-state index in [1.165, 1.54) is 28.6 Å². The Balaban J connectivity index is 2.01. The predicted molar refractivity (Wildman–Crippen MR) is 88.0 cm³/mol. The number of nitrogens with zero attached hydrogens (tertiary/aromatic N) is 3. The van der Waals surface area contributed by atoms with Gasteiger partial charge in [0.25, 0.3) is 0 Å². The zero-order chi connectivity index (χ0) is 16.8. The van der Waals surface area contributed by atoms with Gasteiger partial charge in [-0.25, -0.2) is 9.07 Å². The molecule has 1 atom stereocenters. The number of hydrogen-bond donors (Lipinski definition) is 2. The maximum atomic E-state index is 12.9. The highest BCUT2D eigenvalue weighted by molar-refractivity contribution is 8.00. The molecular weight excluding hydrogens is 317 g/mol. The number of nitrogen functional groups attached to an aromatic ring is 1. The fraction of sp³-hybridized carbons (Fsp3) is 0.400. The van der Waals surface area contributed by atoms with E-state index in [1.54, 1.807) is 19.1 Å². The Bertz CT molecular complexity index is 658. The van der Waals surface area contributed by atoms with Crippen LogP contribution in [0, 0.1) is 5.82 Å². The molecule has 2 aromatic rings. The van der Waals surface area contributed by atoms with Crippen LogP contribution in [0.3, 0.4) is 0 Å². The largest absolute Gasteiger partial charge is 0.355 e. The average Bonchev–Trinajstić information content (AvgIpc) is 2.87. The van der Waals surface area contributed by atoms with Crippen molar-refractivity contribution in [1.82, 2.24) is 20.2 Å². The van der Waals surface area contributed by atoms with E-state index in [0.29, 0.717) is 23.9 Å². The summed E-state index contributed by atoms with van der Waals surface area (Å²) in [6.07, 6.45) is 1.33. The molecule has 1 aromatic heterocycles. The molecule has 1 heterocycles. The normalized spacial score (nSPS) is 12.1. The molecule has 0 aliphatic heterocycles. The summed E-state index contributed by atoms with van der Waals surface area (Å²) in [4.78, 5) is 11.9. The van der Waals surface area contributed by atoms with Gasteiger partial charge in [0, 0.05) is 13.0 Å². The summed E-state index contributed by atoms with van der Waals surface area (Å²) in [5.41, 5.74) is 0.885. The Labute approximate surface area is 138 Å². The van der Waals surface area contributed by atoms with E-state index in [9.17, 15) is 9.18 Å². The minimum absolute atomic E-state index is 0.0556. The molecule has 0 aliphatic carbocycles. The van der Waals surface area contributed by atoms with Crippen LogP contribution in [0.1, 0.15) is 31.7 Å². The van der Waals surface area contributed by atoms with Crippen LogP contribution in [-0.4, -0.2) is 32.6 Å². The lowest BCUT2D eigenvalue weighted by molar-refractivity contribution is -0.120. The highest BCUT2D eigenvalue weighted by Crippen LogP contribution is 2.21. The molecule has 0 bridgehead atoms. The molecule has 0 spiro atoms. The van der Waals surface area contributed by atoms with Crippen LogP contribution in [0.15, 0.2) is 29.4 Å². The zero-order valence-corrected chi connectivity index (χ0v) is 13.9. The van der Waals surface area contributed by atoms with Gasteiger partial charge in [0.2, 0.25) is 11.1 Å². The van der Waals surface area contributed by atoms with Gasteiger partial charge in [-0.1, -0.05) is 30.8 Å². The van der Waals surface area contributed by atoms with Gasteiger partial charge in [0.1, 0.15) is 5.82 Å². The van der Waals surface area contributed by atoms with E-state index in [0.717, 1.165) is 12.0 Å². The summed E-state index contributed by atoms with van der Waals surface area (Å²) >= 11 is 1.25. The van der Waals surface area contributed by atoms with Crippen molar-refractivity contribution in [3.8, 4) is 0 Å². The lowest BCUT2D eigenvalue weighted by Crippen LogP contribution is -2.31. The van der Waals surface area contributed by atoms with Crippen molar-refractivity contribution in [2.75, 3.05) is 12.4 Å². The van der Waals surface area contributed by atoms with E-state index in [-0.39, 0.29) is 17.0 Å². The molecule has 1 amide bonds. The summed E-state index contributed by atoms with van der Waals surface area (Å²) in [5.74, 6) is 6.21. The van der Waals surface area contributed by atoms with Gasteiger partial charge in [-0.15, -0.1) is 10.2 Å². The van der Waals surface area contributed by atoms with Crippen LogP contribution in [0.5, 0.6) is 0 Å². The van der Waals surface area contributed by atoms with Crippen molar-refractivity contribution in [2.45, 2.75) is 37.1 Å². The average molecular weight is 337 g/mol. The number of halogens is 1. The Hall–Kier alpha value is -2.09. The van der Waals surface area contributed by atoms with Crippen molar-refractivity contribution < 1.29 is 9.18 Å². The first-order valence-electron chi connectivity index (χ1n) is 7.39. The third-order valence-electron chi connectivity index (χ3n) is 3.21. The molecule has 0 fully saturated rings. The first kappa shape index (κ1) is 17.3. The zero-order valence-electron chi connectivity index (χ0n) is 13.1. The van der Waals surface area contributed by atoms with Gasteiger partial charge in [-0.2, -0.15) is 0 Å². The minimum Gasteiger partial charge on any atom is -0.355 e. The molecule has 0 saturated heterocycles. The second-order valence-electron chi connectivity index (χ2n) is 5.12. The van der Waals surface area contributed by atoms with Crippen LogP contribution >= 0.6 is 11.8 Å². The van der Waals surface area contributed by atoms with E-state index < -0.39 is 0 Å². The molecule has 0 saturated carbocycles. The molecular formula is C15H20FN5OS. The molecule has 0 unspecified atom stereocenters. The number of aromatic nitrogens is 3. The van der Waals surface area contributed by atoms with Crippen LogP contribution < -0.4 is 11.2 Å². The highest BCUT2D eigenvalue weighted by atomic mass is 32.2. The van der Waals surface area contributed by atoms with Crippen LogP contribution in [0.25, 0.3) is 0 Å². The number of amides is 1. The molecule has 0 radical (unpaired) electrons. The molecule has 6 nitrogen and oxygen atoms in total. The number of benzene rings is 1. The second-order valence-corrected chi connectivity index (χ2v) is 6.43. The SMILES string of the molecule is CCCNC(=O)[C@@H](C)Sc1nnc(Cc2ccc(F)cc2)n1N. The molecule has 0 aliphatic rings. The number of nitrogens with two attached hydrogens (primary N) is 1. The van der Waals surface area contributed by atoms with Gasteiger partial charge >= 0.3 is 0 Å². The van der Waals surface area contributed by atoms with E-state index in [4.69, 9.17) is 5.84 Å². The fourth-order valence-electron chi connectivity index (χ4n) is 1.90. The Morgan fingerprint density at radius 1 is 1.39 bits per heavy atom. The number of carbonyl (C=O) groups excluding carboxylic acids is 1. The van der Waals surface area contributed by atoms with Crippen molar-refractivity contribution in [1.29, 1.82) is 0 Å². The second kappa shape index (κ2) is 7.96. The summed E-state index contributed by atoms with van der Waals surface area (Å²) in [7, 11) is 0. The van der Waals surface area contributed by atoms with Gasteiger partial charge in [-0.05, 0) is 31.0 Å². The topological polar surface area (TPSA) is 85.8 Å². The number of nitrogens with one attached hydrogen (secondary N) is 1. The lowest BCUT2D eigenvalue weighted by atomic mass is 10.1. The van der Waals surface area contributed by atoms with Gasteiger partial charge in [0.15, 0.2) is 5.82 Å². The molecule has 8 heteroatoms. The maximum Gasteiger partial charge on any atom is 0.233 e. The van der Waals surface area contributed by atoms with Crippen LogP contribution in [0.2, 0.25) is 0 Å². The third-order valence-corrected chi connectivity index (χ3v) is 4.27. The first-order valence-corrected chi connectivity index (χ1v) is 8.27. The monoisotopic (exact) mass is 337 g/mol. The molecule has 1 aromatic carbocycles. The smallest absolute Gasteiger partial charge is 0.233 e. The van der Waals surface area contributed by atoms with Crippen molar-refractivity contribution in [3.63, 3.8) is 0 Å². The Kier molecular flexibility index (Phi) is 5.97. The van der Waals surface area contributed by atoms with Gasteiger partial charge < -0.3 is 11.2 Å². The van der Waals surface area contributed by atoms with Crippen molar-refractivity contribution >= 4 is 17.7 Å². The quantitative estimate of drug-likeness (QED) is 0.594. The summed E-state index contributed by atoms with van der Waals surface area (Å²) < 4.78 is 14.3. The summed E-state index contributed by atoms with van der Waals surface area (Å²) in [5, 5.41) is 11.1. The van der Waals surface area contributed by atoms with E-state index >= 15 is 0 Å². The number of carbonyl (C=O) groups is 1. The number of rotatable bonds is 7. The number of hydrogen-bond acceptors (Lipinski definition) is 5. The molecule has 124 valence electrons. The maximum absolute atomic E-state index is 12.9. The first-order chi connectivity index (χ1) is 11.0. The highest BCUT2D eigenvalue weighted by Gasteiger charge is 2.19. The van der Waals surface area contributed by atoms with Gasteiger partial charge in [-0.3, -0.25) is 4.79 Å². The van der Waals surface area contributed by atoms with Crippen LogP contribution in [0.4, 0.5) is 4.39 Å². The fourth-order valence-corrected chi connectivity index (χ4v) is 2.71. The molecule has 23 heavy (non-hydrogen) atoms. The number of thioether (sulfide) groups is 1. The third kappa shape index (κ3) is 4.69. The molecule has 3 N–H and O–H groups in total. The standard InChI is InChI=1S/C15H20FN5OS/c1-3-8-18-14(22)10(2)23-15-20-19-13(21(15)17)9-11-4-6-12(16)7-5-11/h4-7,10H,3,8-9,17H2,1-2H3,(H,18,22)/t10-/m1/s1. The summed E-state index contributed by atoms with van der Waals surface area (Å²) in [6.45, 7) is 4.44. The Morgan fingerprint density at radius 3 is 2.74 bits per heavy atom. The predicted octanol–water partition coefficient (Wildman–Crippen LogP) is 1.73. The molecule has 2 rings (SSSR count). The van der Waals surface area contributed by atoms with Crippen molar-refractivity contribution in [2.24, 2.45) is 0 Å². The minimum atomic E-state index is -0.313. The Morgan fingerprint density at radius 2 is 2.09 bits per heavy atom. The lowest BCUT2D eigenvalue weighted by Gasteiger charge is -2.10. The van der Waals surface area contributed by atoms with Crippen LogP contribution in [-0.2, 0) is 11.2 Å². The van der Waals surface area contributed by atoms with E-state index in [1.807, 2.05) is 6.92 Å². The summed E-state index contributed by atoms with van der Waals surface area (Å²) in [6, 6.07) is 6.14. The van der Waals surface area contributed by atoms with E-state index in [2.05, 4.69) is 15.5 Å². The van der Waals surface area contributed by atoms with Crippen molar-refractivity contribution in [3.05, 3.63) is 41.5 Å².